The summed E-state index contributed by atoms with van der Waals surface area (Å²) in [6.45, 7) is -0.834. The van der Waals surface area contributed by atoms with Gasteiger partial charge in [-0.05, 0) is 18.2 Å². The molecule has 2 heterocycles. The highest BCUT2D eigenvalue weighted by Gasteiger charge is 2.48. The van der Waals surface area contributed by atoms with E-state index in [9.17, 15) is 43.9 Å². The molecule has 2 aromatic carbocycles. The molecule has 8 N–H and O–H groups in total. The van der Waals surface area contributed by atoms with Crippen molar-refractivity contribution in [1.82, 2.24) is 0 Å². The number of aromatic hydroxyl groups is 3. The Morgan fingerprint density at radius 3 is 2.35 bits per heavy atom. The largest absolute Gasteiger partial charge is 0.508 e. The van der Waals surface area contributed by atoms with E-state index in [2.05, 4.69) is 4.18 Å². The van der Waals surface area contributed by atoms with E-state index in [1.807, 2.05) is 0 Å². The first-order valence-corrected chi connectivity index (χ1v) is 11.7. The molecule has 0 bridgehead atoms. The fourth-order valence-electron chi connectivity index (χ4n) is 3.71. The van der Waals surface area contributed by atoms with E-state index >= 15 is 0 Å². The molecule has 5 atom stereocenters. The summed E-state index contributed by atoms with van der Waals surface area (Å²) >= 11 is 0. The van der Waals surface area contributed by atoms with E-state index in [-0.39, 0.29) is 11.1 Å². The smallest absolute Gasteiger partial charge is 0.446 e. The highest BCUT2D eigenvalue weighted by atomic mass is 32.3. The Morgan fingerprint density at radius 1 is 1.03 bits per heavy atom. The molecule has 0 radical (unpaired) electrons. The molecule has 37 heavy (non-hydrogen) atoms. The van der Waals surface area contributed by atoms with Crippen molar-refractivity contribution < 1.29 is 66.8 Å². The molecule has 3 aromatic rings. The molecule has 0 spiro atoms. The third kappa shape index (κ3) is 5.12. The second-order valence-corrected chi connectivity index (χ2v) is 8.96. The molecule has 4 rings (SSSR count). The average molecular weight is 544 g/mol. The molecular formula is C21H20O15S. The number of aliphatic hydroxyl groups is 4. The molecule has 16 heteroatoms. The quantitative estimate of drug-likeness (QED) is 0.165. The van der Waals surface area contributed by atoms with Crippen LogP contribution in [0.3, 0.4) is 0 Å². The standard InChI is InChI=1S/C21H20O15S/c22-6-11(26)19-16(28)17(29)21(34-19)35-20-15(27)14-10(25)4-8(23)5-13(14)33-18(20)7-1-2-12(9(24)3-7)36-37(30,31)32/h1-5,11,16-17,19,21-26,28-29H,6H2,(H,30,31,32)/t11?,16-,17-,19-,21+/m1/s1. The molecule has 1 unspecified atom stereocenters. The van der Waals surface area contributed by atoms with Gasteiger partial charge in [-0.25, -0.2) is 0 Å². The lowest BCUT2D eigenvalue weighted by Gasteiger charge is -2.19. The predicted molar refractivity (Wildman–Crippen MR) is 119 cm³/mol. The van der Waals surface area contributed by atoms with Crippen molar-refractivity contribution in [1.29, 1.82) is 0 Å². The number of hydrogen-bond donors (Lipinski definition) is 8. The van der Waals surface area contributed by atoms with Crippen LogP contribution in [0, 0.1) is 0 Å². The summed E-state index contributed by atoms with van der Waals surface area (Å²) < 4.78 is 51.4. The minimum absolute atomic E-state index is 0.156. The van der Waals surface area contributed by atoms with Gasteiger partial charge in [0.15, 0.2) is 17.3 Å². The Morgan fingerprint density at radius 2 is 1.73 bits per heavy atom. The minimum atomic E-state index is -4.99. The van der Waals surface area contributed by atoms with Crippen LogP contribution in [0.4, 0.5) is 0 Å². The van der Waals surface area contributed by atoms with Gasteiger partial charge in [0.1, 0.15) is 46.9 Å². The van der Waals surface area contributed by atoms with Crippen LogP contribution in [0.2, 0.25) is 0 Å². The Kier molecular flexibility index (Phi) is 6.91. The number of benzene rings is 2. The van der Waals surface area contributed by atoms with Crippen LogP contribution >= 0.6 is 0 Å². The number of rotatable bonds is 7. The number of aliphatic hydroxyl groups excluding tert-OH is 4. The lowest BCUT2D eigenvalue weighted by molar-refractivity contribution is -0.137. The normalized spacial score (nSPS) is 22.7. The van der Waals surface area contributed by atoms with Crippen molar-refractivity contribution in [2.45, 2.75) is 30.7 Å². The second-order valence-electron chi connectivity index (χ2n) is 7.94. The predicted octanol–water partition coefficient (Wildman–Crippen LogP) is -1.06. The average Bonchev–Trinajstić information content (AvgIpc) is 3.08. The van der Waals surface area contributed by atoms with E-state index < -0.39 is 93.0 Å². The maximum absolute atomic E-state index is 13.3. The molecule has 0 aliphatic carbocycles. The molecule has 15 nitrogen and oxygen atoms in total. The summed E-state index contributed by atoms with van der Waals surface area (Å²) in [5, 5.41) is 69.2. The molecule has 1 aliphatic heterocycles. The molecule has 1 aliphatic rings. The third-order valence-electron chi connectivity index (χ3n) is 5.39. The van der Waals surface area contributed by atoms with Crippen LogP contribution in [0.1, 0.15) is 0 Å². The van der Waals surface area contributed by atoms with Gasteiger partial charge in [0.05, 0.1) is 6.61 Å². The van der Waals surface area contributed by atoms with E-state index in [0.717, 1.165) is 30.3 Å². The SMILES string of the molecule is O=c1c(O[C@@H]2O[C@H](C(O)CO)[C@H](O)[C@H]2O)c(-c2ccc(OS(=O)(=O)O)c(O)c2)oc2cc(O)cc(O)c12. The van der Waals surface area contributed by atoms with Crippen molar-refractivity contribution in [2.24, 2.45) is 0 Å². The van der Waals surface area contributed by atoms with Gasteiger partial charge in [-0.2, -0.15) is 8.42 Å². The van der Waals surface area contributed by atoms with Crippen molar-refractivity contribution in [3.63, 3.8) is 0 Å². The summed E-state index contributed by atoms with van der Waals surface area (Å²) in [6, 6.07) is 4.66. The summed E-state index contributed by atoms with van der Waals surface area (Å²) in [7, 11) is -4.99. The van der Waals surface area contributed by atoms with Gasteiger partial charge >= 0.3 is 10.4 Å². The summed E-state index contributed by atoms with van der Waals surface area (Å²) in [5.74, 6) is -3.92. The van der Waals surface area contributed by atoms with Crippen molar-refractivity contribution >= 4 is 21.4 Å². The van der Waals surface area contributed by atoms with Crippen LogP contribution in [0.5, 0.6) is 28.7 Å². The monoisotopic (exact) mass is 544 g/mol. The van der Waals surface area contributed by atoms with E-state index in [4.69, 9.17) is 23.6 Å². The Balaban J connectivity index is 1.87. The van der Waals surface area contributed by atoms with Crippen molar-refractivity contribution in [2.75, 3.05) is 6.61 Å². The highest BCUT2D eigenvalue weighted by molar-refractivity contribution is 7.81. The van der Waals surface area contributed by atoms with Gasteiger partial charge < -0.3 is 53.8 Å². The fraction of sp³-hybridized carbons (Fsp3) is 0.286. The van der Waals surface area contributed by atoms with Gasteiger partial charge in [-0.3, -0.25) is 9.35 Å². The molecule has 1 fully saturated rings. The molecule has 200 valence electrons. The molecular weight excluding hydrogens is 524 g/mol. The first-order chi connectivity index (χ1) is 17.3. The third-order valence-corrected chi connectivity index (χ3v) is 5.78. The van der Waals surface area contributed by atoms with Crippen molar-refractivity contribution in [3.8, 4) is 40.1 Å². The lowest BCUT2D eigenvalue weighted by atomic mass is 10.1. The number of phenols is 3. The minimum Gasteiger partial charge on any atom is -0.508 e. The Labute approximate surface area is 206 Å². The van der Waals surface area contributed by atoms with E-state index in [0.29, 0.717) is 0 Å². The zero-order valence-electron chi connectivity index (χ0n) is 18.3. The first-order valence-electron chi connectivity index (χ1n) is 10.3. The number of fused-ring (bicyclic) bond motifs is 1. The highest BCUT2D eigenvalue weighted by Crippen LogP contribution is 2.40. The summed E-state index contributed by atoms with van der Waals surface area (Å²) in [5.41, 5.74) is -1.55. The topological polar surface area (TPSA) is 254 Å². The first kappa shape index (κ1) is 26.4. The Bertz CT molecular complexity index is 1500. The van der Waals surface area contributed by atoms with Gasteiger partial charge in [0, 0.05) is 17.7 Å². The molecule has 0 saturated carbocycles. The fourth-order valence-corrected chi connectivity index (χ4v) is 4.08. The molecule has 1 aromatic heterocycles. The summed E-state index contributed by atoms with van der Waals surface area (Å²) in [4.78, 5) is 13.3. The van der Waals surface area contributed by atoms with E-state index in [1.54, 1.807) is 0 Å². The van der Waals surface area contributed by atoms with Gasteiger partial charge in [-0.1, -0.05) is 0 Å². The Hall–Kier alpha value is -3.64. The van der Waals surface area contributed by atoms with Gasteiger partial charge in [0.25, 0.3) is 0 Å². The molecule has 0 amide bonds. The van der Waals surface area contributed by atoms with Gasteiger partial charge in [0.2, 0.25) is 17.5 Å². The second kappa shape index (κ2) is 9.67. The van der Waals surface area contributed by atoms with Crippen LogP contribution in [0.15, 0.2) is 39.5 Å². The molecule has 1 saturated heterocycles. The number of ether oxygens (including phenoxy) is 2. The van der Waals surface area contributed by atoms with Crippen LogP contribution in [-0.4, -0.2) is 86.0 Å². The zero-order chi connectivity index (χ0) is 27.2. The van der Waals surface area contributed by atoms with Gasteiger partial charge in [-0.15, -0.1) is 0 Å². The van der Waals surface area contributed by atoms with Crippen LogP contribution < -0.4 is 14.3 Å². The number of phenolic OH excluding ortho intramolecular Hbond substituents is 3. The maximum Gasteiger partial charge on any atom is 0.446 e. The zero-order valence-corrected chi connectivity index (χ0v) is 19.1. The van der Waals surface area contributed by atoms with Crippen LogP contribution in [-0.2, 0) is 15.1 Å². The number of hydrogen-bond acceptors (Lipinski definition) is 14. The maximum atomic E-state index is 13.3. The van der Waals surface area contributed by atoms with Crippen molar-refractivity contribution in [3.05, 3.63) is 40.6 Å². The summed E-state index contributed by atoms with van der Waals surface area (Å²) in [6.07, 6.45) is -8.50. The van der Waals surface area contributed by atoms with Crippen LogP contribution in [0.25, 0.3) is 22.3 Å². The van der Waals surface area contributed by atoms with E-state index in [1.165, 1.54) is 0 Å². The lowest BCUT2D eigenvalue weighted by Crippen LogP contribution is -2.40.